The minimum atomic E-state index is -0.121. The van der Waals surface area contributed by atoms with Gasteiger partial charge in [-0.1, -0.05) is 30.7 Å². The highest BCUT2D eigenvalue weighted by molar-refractivity contribution is 6.33. The minimum absolute atomic E-state index is 0.121. The Kier molecular flexibility index (Phi) is 5.90. The molecule has 0 atom stereocenters. The molecule has 16 heavy (non-hydrogen) atoms. The van der Waals surface area contributed by atoms with Gasteiger partial charge in [-0.25, -0.2) is 0 Å². The van der Waals surface area contributed by atoms with Crippen LogP contribution in [0.15, 0.2) is 24.3 Å². The van der Waals surface area contributed by atoms with Gasteiger partial charge >= 0.3 is 0 Å². The number of carbonyl (C=O) groups is 1. The zero-order valence-corrected chi connectivity index (χ0v) is 10.2. The van der Waals surface area contributed by atoms with Gasteiger partial charge in [-0.15, -0.1) is 0 Å². The first-order valence-corrected chi connectivity index (χ1v) is 5.87. The van der Waals surface area contributed by atoms with Gasteiger partial charge in [0, 0.05) is 13.1 Å². The average molecular weight is 241 g/mol. The molecular weight excluding hydrogens is 224 g/mol. The molecule has 0 spiro atoms. The van der Waals surface area contributed by atoms with E-state index in [0.717, 1.165) is 19.5 Å². The summed E-state index contributed by atoms with van der Waals surface area (Å²) in [7, 11) is 0. The first-order chi connectivity index (χ1) is 7.75. The van der Waals surface area contributed by atoms with Gasteiger partial charge in [-0.2, -0.15) is 0 Å². The predicted molar refractivity (Wildman–Crippen MR) is 66.9 cm³/mol. The first kappa shape index (κ1) is 13.0. The van der Waals surface area contributed by atoms with Gasteiger partial charge in [0.2, 0.25) is 0 Å². The second kappa shape index (κ2) is 7.25. The summed E-state index contributed by atoms with van der Waals surface area (Å²) >= 11 is 5.91. The Balaban J connectivity index is 2.33. The molecule has 0 saturated carbocycles. The molecule has 2 N–H and O–H groups in total. The molecule has 0 fully saturated rings. The van der Waals surface area contributed by atoms with E-state index >= 15 is 0 Å². The number of nitrogens with one attached hydrogen (secondary N) is 2. The molecule has 0 radical (unpaired) electrons. The molecule has 88 valence electrons. The molecule has 1 aromatic carbocycles. The van der Waals surface area contributed by atoms with Crippen LogP contribution in [-0.4, -0.2) is 25.5 Å². The van der Waals surface area contributed by atoms with Crippen molar-refractivity contribution in [3.05, 3.63) is 34.9 Å². The van der Waals surface area contributed by atoms with Crippen LogP contribution >= 0.6 is 11.6 Å². The Bertz CT molecular complexity index is 342. The highest BCUT2D eigenvalue weighted by Gasteiger charge is 2.07. The quantitative estimate of drug-likeness (QED) is 0.748. The Labute approximate surface area is 101 Å². The number of amides is 1. The predicted octanol–water partition coefficient (Wildman–Crippen LogP) is 2.07. The van der Waals surface area contributed by atoms with Crippen LogP contribution in [0.1, 0.15) is 23.7 Å². The van der Waals surface area contributed by atoms with Crippen LogP contribution in [0.2, 0.25) is 5.02 Å². The van der Waals surface area contributed by atoms with Crippen LogP contribution in [0.25, 0.3) is 0 Å². The first-order valence-electron chi connectivity index (χ1n) is 5.49. The topological polar surface area (TPSA) is 41.1 Å². The lowest BCUT2D eigenvalue weighted by Gasteiger charge is -2.07. The van der Waals surface area contributed by atoms with Crippen molar-refractivity contribution in [2.75, 3.05) is 19.6 Å². The molecule has 3 nitrogen and oxygen atoms in total. The number of hydrogen-bond donors (Lipinski definition) is 2. The van der Waals surface area contributed by atoms with Crippen LogP contribution < -0.4 is 10.6 Å². The number of hydrogen-bond acceptors (Lipinski definition) is 2. The summed E-state index contributed by atoms with van der Waals surface area (Å²) in [6, 6.07) is 7.04. The van der Waals surface area contributed by atoms with Gasteiger partial charge in [0.15, 0.2) is 0 Å². The van der Waals surface area contributed by atoms with E-state index in [1.54, 1.807) is 18.2 Å². The van der Waals surface area contributed by atoms with Gasteiger partial charge in [0.05, 0.1) is 10.6 Å². The largest absolute Gasteiger partial charge is 0.351 e. The third-order valence-electron chi connectivity index (χ3n) is 2.13. The van der Waals surface area contributed by atoms with Crippen molar-refractivity contribution in [2.24, 2.45) is 0 Å². The van der Waals surface area contributed by atoms with Crippen molar-refractivity contribution in [3.8, 4) is 0 Å². The van der Waals surface area contributed by atoms with Crippen molar-refractivity contribution in [1.82, 2.24) is 10.6 Å². The van der Waals surface area contributed by atoms with E-state index in [1.165, 1.54) is 0 Å². The standard InChI is InChI=1S/C12H17ClN2O/c1-2-7-14-8-9-15-12(16)10-5-3-4-6-11(10)13/h3-6,14H,2,7-9H2,1H3,(H,15,16). The molecule has 0 aliphatic rings. The molecule has 0 saturated heterocycles. The maximum absolute atomic E-state index is 11.7. The molecule has 4 heteroatoms. The van der Waals surface area contributed by atoms with E-state index in [1.807, 2.05) is 6.07 Å². The van der Waals surface area contributed by atoms with E-state index in [4.69, 9.17) is 11.6 Å². The van der Waals surface area contributed by atoms with Crippen LogP contribution in [-0.2, 0) is 0 Å². The molecule has 1 rings (SSSR count). The fraction of sp³-hybridized carbons (Fsp3) is 0.417. The van der Waals surface area contributed by atoms with Crippen molar-refractivity contribution >= 4 is 17.5 Å². The number of rotatable bonds is 6. The molecule has 0 aliphatic heterocycles. The molecule has 0 bridgehead atoms. The van der Waals surface area contributed by atoms with E-state index < -0.39 is 0 Å². The summed E-state index contributed by atoms with van der Waals surface area (Å²) in [6.45, 7) is 4.48. The highest BCUT2D eigenvalue weighted by atomic mass is 35.5. The van der Waals surface area contributed by atoms with Crippen LogP contribution in [0.5, 0.6) is 0 Å². The smallest absolute Gasteiger partial charge is 0.252 e. The Morgan fingerprint density at radius 3 is 2.69 bits per heavy atom. The van der Waals surface area contributed by atoms with Crippen LogP contribution in [0.4, 0.5) is 0 Å². The third-order valence-corrected chi connectivity index (χ3v) is 2.46. The van der Waals surface area contributed by atoms with Crippen molar-refractivity contribution in [1.29, 1.82) is 0 Å². The SMILES string of the molecule is CCCNCCNC(=O)c1ccccc1Cl. The second-order valence-electron chi connectivity index (χ2n) is 3.49. The summed E-state index contributed by atoms with van der Waals surface area (Å²) in [4.78, 5) is 11.7. The molecular formula is C12H17ClN2O. The number of carbonyl (C=O) groups excluding carboxylic acids is 1. The summed E-state index contributed by atoms with van der Waals surface area (Å²) in [6.07, 6.45) is 1.10. The Morgan fingerprint density at radius 2 is 2.00 bits per heavy atom. The fourth-order valence-corrected chi connectivity index (χ4v) is 1.53. The fourth-order valence-electron chi connectivity index (χ4n) is 1.31. The van der Waals surface area contributed by atoms with Crippen LogP contribution in [0, 0.1) is 0 Å². The van der Waals surface area contributed by atoms with E-state index in [-0.39, 0.29) is 5.91 Å². The van der Waals surface area contributed by atoms with E-state index in [9.17, 15) is 4.79 Å². The molecule has 1 amide bonds. The molecule has 0 aromatic heterocycles. The van der Waals surface area contributed by atoms with Gasteiger partial charge in [-0.05, 0) is 25.1 Å². The van der Waals surface area contributed by atoms with Gasteiger partial charge in [-0.3, -0.25) is 4.79 Å². The lowest BCUT2D eigenvalue weighted by molar-refractivity contribution is 0.0954. The van der Waals surface area contributed by atoms with Gasteiger partial charge in [0.1, 0.15) is 0 Å². The monoisotopic (exact) mass is 240 g/mol. The number of benzene rings is 1. The normalized spacial score (nSPS) is 10.1. The lowest BCUT2D eigenvalue weighted by atomic mass is 10.2. The van der Waals surface area contributed by atoms with E-state index in [0.29, 0.717) is 17.1 Å². The van der Waals surface area contributed by atoms with Crippen molar-refractivity contribution in [2.45, 2.75) is 13.3 Å². The van der Waals surface area contributed by atoms with Crippen LogP contribution in [0.3, 0.4) is 0 Å². The third kappa shape index (κ3) is 4.21. The minimum Gasteiger partial charge on any atom is -0.351 e. The second-order valence-corrected chi connectivity index (χ2v) is 3.89. The lowest BCUT2D eigenvalue weighted by Crippen LogP contribution is -2.32. The Morgan fingerprint density at radius 1 is 1.25 bits per heavy atom. The zero-order chi connectivity index (χ0) is 11.8. The van der Waals surface area contributed by atoms with E-state index in [2.05, 4.69) is 17.6 Å². The molecule has 0 heterocycles. The van der Waals surface area contributed by atoms with Gasteiger partial charge < -0.3 is 10.6 Å². The maximum Gasteiger partial charge on any atom is 0.252 e. The summed E-state index contributed by atoms with van der Waals surface area (Å²) in [5, 5.41) is 6.51. The van der Waals surface area contributed by atoms with Crippen molar-refractivity contribution in [3.63, 3.8) is 0 Å². The maximum atomic E-state index is 11.7. The molecule has 0 aliphatic carbocycles. The Hall–Kier alpha value is -1.06. The van der Waals surface area contributed by atoms with Crippen molar-refractivity contribution < 1.29 is 4.79 Å². The zero-order valence-electron chi connectivity index (χ0n) is 9.42. The molecule has 0 unspecified atom stereocenters. The summed E-state index contributed by atoms with van der Waals surface area (Å²) < 4.78 is 0. The van der Waals surface area contributed by atoms with Gasteiger partial charge in [0.25, 0.3) is 5.91 Å². The molecule has 1 aromatic rings. The highest BCUT2D eigenvalue weighted by Crippen LogP contribution is 2.14. The summed E-state index contributed by atoms with van der Waals surface area (Å²) in [5.74, 6) is -0.121. The summed E-state index contributed by atoms with van der Waals surface area (Å²) in [5.41, 5.74) is 0.527. The number of halogens is 1. The average Bonchev–Trinajstić information content (AvgIpc) is 2.29.